The summed E-state index contributed by atoms with van der Waals surface area (Å²) in [6.45, 7) is 0. The summed E-state index contributed by atoms with van der Waals surface area (Å²) in [4.78, 5) is 0. The SMILES string of the molecule is Cn1c2c(c(P)c1-c1c(P)c3ccccc3n1C)CCC=C2. The molecule has 0 radical (unpaired) electrons. The first-order valence-electron chi connectivity index (χ1n) is 7.58. The van der Waals surface area contributed by atoms with Crippen LogP contribution in [0.4, 0.5) is 0 Å². The fraction of sp³-hybridized carbons (Fsp3) is 0.222. The summed E-state index contributed by atoms with van der Waals surface area (Å²) in [6.07, 6.45) is 6.82. The minimum Gasteiger partial charge on any atom is -0.342 e. The van der Waals surface area contributed by atoms with Gasteiger partial charge in [0.05, 0.1) is 11.4 Å². The van der Waals surface area contributed by atoms with Crippen LogP contribution in [-0.4, -0.2) is 9.13 Å². The molecule has 2 atom stereocenters. The van der Waals surface area contributed by atoms with Crippen molar-refractivity contribution < 1.29 is 0 Å². The van der Waals surface area contributed by atoms with Gasteiger partial charge in [0, 0.05) is 41.3 Å². The molecule has 2 unspecified atom stereocenters. The van der Waals surface area contributed by atoms with Gasteiger partial charge in [-0.05, 0) is 30.5 Å². The fourth-order valence-electron chi connectivity index (χ4n) is 3.68. The van der Waals surface area contributed by atoms with Gasteiger partial charge in [0.1, 0.15) is 0 Å². The molecule has 0 amide bonds. The Morgan fingerprint density at radius 3 is 2.41 bits per heavy atom. The monoisotopic (exact) mass is 326 g/mol. The van der Waals surface area contributed by atoms with Gasteiger partial charge in [0.25, 0.3) is 0 Å². The van der Waals surface area contributed by atoms with Gasteiger partial charge >= 0.3 is 0 Å². The van der Waals surface area contributed by atoms with Crippen molar-refractivity contribution in [2.45, 2.75) is 12.8 Å². The Morgan fingerprint density at radius 1 is 0.955 bits per heavy atom. The van der Waals surface area contributed by atoms with Crippen LogP contribution in [0, 0.1) is 0 Å². The maximum absolute atomic E-state index is 2.98. The molecule has 3 aromatic rings. The molecule has 0 fully saturated rings. The van der Waals surface area contributed by atoms with Crippen molar-refractivity contribution >= 4 is 46.1 Å². The quantitative estimate of drug-likeness (QED) is 0.608. The summed E-state index contributed by atoms with van der Waals surface area (Å²) in [5.41, 5.74) is 6.70. The topological polar surface area (TPSA) is 9.86 Å². The number of hydrogen-bond acceptors (Lipinski definition) is 0. The van der Waals surface area contributed by atoms with Crippen molar-refractivity contribution in [3.8, 4) is 11.4 Å². The van der Waals surface area contributed by atoms with Gasteiger partial charge in [0.2, 0.25) is 0 Å². The van der Waals surface area contributed by atoms with Crippen LogP contribution in [0.5, 0.6) is 0 Å². The number of rotatable bonds is 1. The van der Waals surface area contributed by atoms with Crippen LogP contribution in [0.25, 0.3) is 28.4 Å². The molecule has 4 heteroatoms. The highest BCUT2D eigenvalue weighted by Crippen LogP contribution is 2.32. The molecule has 0 bridgehead atoms. The minimum absolute atomic E-state index is 1.13. The first kappa shape index (κ1) is 14.2. The number of fused-ring (bicyclic) bond motifs is 2. The van der Waals surface area contributed by atoms with Gasteiger partial charge < -0.3 is 9.13 Å². The summed E-state index contributed by atoms with van der Waals surface area (Å²) in [5, 5.41) is 3.93. The lowest BCUT2D eigenvalue weighted by atomic mass is 10.0. The Morgan fingerprint density at radius 2 is 1.68 bits per heavy atom. The molecule has 4 rings (SSSR count). The van der Waals surface area contributed by atoms with Gasteiger partial charge in [-0.2, -0.15) is 0 Å². The van der Waals surface area contributed by atoms with Crippen LogP contribution in [0.3, 0.4) is 0 Å². The lowest BCUT2D eigenvalue weighted by molar-refractivity contribution is 0.876. The Labute approximate surface area is 135 Å². The molecule has 2 heterocycles. The molecule has 0 saturated heterocycles. The maximum Gasteiger partial charge on any atom is 0.0735 e. The first-order chi connectivity index (χ1) is 10.6. The Bertz CT molecular complexity index is 890. The van der Waals surface area contributed by atoms with E-state index >= 15 is 0 Å². The summed E-state index contributed by atoms with van der Waals surface area (Å²) in [5.74, 6) is 0. The van der Waals surface area contributed by atoms with E-state index in [0.717, 1.165) is 12.8 Å². The number of hydrogen-bond donors (Lipinski definition) is 0. The molecule has 1 aromatic carbocycles. The third-order valence-corrected chi connectivity index (χ3v) is 6.00. The predicted octanol–water partition coefficient (Wildman–Crippen LogP) is 3.14. The van der Waals surface area contributed by atoms with Gasteiger partial charge in [0.15, 0.2) is 0 Å². The van der Waals surface area contributed by atoms with Gasteiger partial charge in [-0.3, -0.25) is 0 Å². The summed E-state index contributed by atoms with van der Waals surface area (Å²) < 4.78 is 4.66. The lowest BCUT2D eigenvalue weighted by Crippen LogP contribution is -2.09. The molecule has 0 aliphatic heterocycles. The number of nitrogens with zero attached hydrogens (tertiary/aromatic N) is 2. The molecule has 112 valence electrons. The smallest absolute Gasteiger partial charge is 0.0735 e. The zero-order chi connectivity index (χ0) is 15.4. The number of allylic oxidation sites excluding steroid dienone is 1. The Hall–Kier alpha value is -1.36. The van der Waals surface area contributed by atoms with Crippen molar-refractivity contribution in [3.05, 3.63) is 41.6 Å². The van der Waals surface area contributed by atoms with E-state index in [1.807, 2.05) is 0 Å². The van der Waals surface area contributed by atoms with E-state index in [1.165, 1.54) is 44.2 Å². The van der Waals surface area contributed by atoms with E-state index in [9.17, 15) is 0 Å². The molecule has 2 aromatic heterocycles. The molecule has 1 aliphatic carbocycles. The molecular formula is C18H20N2P2. The summed E-state index contributed by atoms with van der Waals surface area (Å²) >= 11 is 0. The molecule has 0 saturated carbocycles. The van der Waals surface area contributed by atoms with Crippen molar-refractivity contribution in [2.75, 3.05) is 0 Å². The van der Waals surface area contributed by atoms with Crippen LogP contribution >= 0.6 is 18.5 Å². The minimum atomic E-state index is 1.13. The highest BCUT2D eigenvalue weighted by atomic mass is 31.0. The van der Waals surface area contributed by atoms with Crippen molar-refractivity contribution in [3.63, 3.8) is 0 Å². The highest BCUT2D eigenvalue weighted by molar-refractivity contribution is 7.29. The van der Waals surface area contributed by atoms with E-state index in [0.29, 0.717) is 0 Å². The average Bonchev–Trinajstić information content (AvgIpc) is 2.94. The second-order valence-corrected chi connectivity index (χ2v) is 7.12. The average molecular weight is 326 g/mol. The van der Waals surface area contributed by atoms with Gasteiger partial charge in [-0.15, -0.1) is 18.5 Å². The number of aryl methyl sites for hydroxylation is 1. The second kappa shape index (κ2) is 5.08. The van der Waals surface area contributed by atoms with Crippen LogP contribution in [0.2, 0.25) is 0 Å². The Kier molecular flexibility index (Phi) is 3.29. The third kappa shape index (κ3) is 1.81. The molecule has 2 nitrogen and oxygen atoms in total. The van der Waals surface area contributed by atoms with Crippen LogP contribution in [0.15, 0.2) is 30.3 Å². The number of benzene rings is 1. The van der Waals surface area contributed by atoms with E-state index in [2.05, 4.69) is 78.1 Å². The van der Waals surface area contributed by atoms with Crippen molar-refractivity contribution in [1.29, 1.82) is 0 Å². The van der Waals surface area contributed by atoms with Crippen molar-refractivity contribution in [2.24, 2.45) is 14.1 Å². The molecule has 22 heavy (non-hydrogen) atoms. The van der Waals surface area contributed by atoms with Crippen LogP contribution in [0.1, 0.15) is 17.7 Å². The van der Waals surface area contributed by atoms with Crippen LogP contribution in [-0.2, 0) is 20.5 Å². The van der Waals surface area contributed by atoms with E-state index in [-0.39, 0.29) is 0 Å². The van der Waals surface area contributed by atoms with Crippen molar-refractivity contribution in [1.82, 2.24) is 9.13 Å². The predicted molar refractivity (Wildman–Crippen MR) is 103 cm³/mol. The molecule has 0 spiro atoms. The van der Waals surface area contributed by atoms with Gasteiger partial charge in [-0.1, -0.05) is 24.3 Å². The summed E-state index contributed by atoms with van der Waals surface area (Å²) in [6, 6.07) is 8.61. The molecule has 1 aliphatic rings. The van der Waals surface area contributed by atoms with Gasteiger partial charge in [-0.25, -0.2) is 0 Å². The standard InChI is InChI=1S/C18H20N2P2/c1-19-13-9-5-3-7-11(13)17(21)15(19)16-18(22)12-8-4-6-10-14(12)20(16)2/h3,5-7,9-10H,4,8,21-22H2,1-2H3. The number of aromatic nitrogens is 2. The summed E-state index contributed by atoms with van der Waals surface area (Å²) in [7, 11) is 10.3. The fourth-order valence-corrected chi connectivity index (χ4v) is 4.87. The lowest BCUT2D eigenvalue weighted by Gasteiger charge is -2.10. The van der Waals surface area contributed by atoms with E-state index in [4.69, 9.17) is 0 Å². The zero-order valence-electron chi connectivity index (χ0n) is 12.9. The third-order valence-electron chi connectivity index (χ3n) is 4.79. The first-order valence-corrected chi connectivity index (χ1v) is 8.73. The van der Waals surface area contributed by atoms with Crippen LogP contribution < -0.4 is 10.6 Å². The molecule has 0 N–H and O–H groups in total. The van der Waals surface area contributed by atoms with E-state index < -0.39 is 0 Å². The maximum atomic E-state index is 2.98. The second-order valence-electron chi connectivity index (χ2n) is 5.96. The highest BCUT2D eigenvalue weighted by Gasteiger charge is 2.23. The Balaban J connectivity index is 2.09. The normalized spacial score (nSPS) is 13.8. The van der Waals surface area contributed by atoms with E-state index in [1.54, 1.807) is 0 Å². The zero-order valence-corrected chi connectivity index (χ0v) is 15.2. The largest absolute Gasteiger partial charge is 0.342 e. The number of para-hydroxylation sites is 1. The molecular weight excluding hydrogens is 306 g/mol.